The SMILES string of the molecule is COc1ccc(Br)c(CN(C)Cc2ccsc2)c1. The number of ether oxygens (including phenoxy) is 1. The summed E-state index contributed by atoms with van der Waals surface area (Å²) >= 11 is 5.33. The Hall–Kier alpha value is -0.840. The summed E-state index contributed by atoms with van der Waals surface area (Å²) in [5.41, 5.74) is 2.61. The van der Waals surface area contributed by atoms with Gasteiger partial charge in [0.1, 0.15) is 5.75 Å². The van der Waals surface area contributed by atoms with Gasteiger partial charge in [-0.15, -0.1) is 0 Å². The van der Waals surface area contributed by atoms with Crippen LogP contribution in [0.15, 0.2) is 39.5 Å². The van der Waals surface area contributed by atoms with Crippen LogP contribution in [-0.2, 0) is 13.1 Å². The fourth-order valence-electron chi connectivity index (χ4n) is 1.84. The second kappa shape index (κ2) is 6.36. The lowest BCUT2D eigenvalue weighted by Gasteiger charge is -2.17. The van der Waals surface area contributed by atoms with Crippen LogP contribution in [0.5, 0.6) is 5.75 Å². The van der Waals surface area contributed by atoms with Crippen molar-refractivity contribution in [3.8, 4) is 5.75 Å². The molecule has 2 nitrogen and oxygen atoms in total. The summed E-state index contributed by atoms with van der Waals surface area (Å²) in [5, 5.41) is 4.31. The van der Waals surface area contributed by atoms with Crippen LogP contribution in [-0.4, -0.2) is 19.1 Å². The number of methoxy groups -OCH3 is 1. The van der Waals surface area contributed by atoms with Crippen molar-refractivity contribution < 1.29 is 4.74 Å². The Morgan fingerprint density at radius 1 is 1.28 bits per heavy atom. The smallest absolute Gasteiger partial charge is 0.119 e. The van der Waals surface area contributed by atoms with Gasteiger partial charge in [-0.2, -0.15) is 11.3 Å². The molecule has 1 heterocycles. The van der Waals surface area contributed by atoms with Crippen molar-refractivity contribution >= 4 is 27.3 Å². The third kappa shape index (κ3) is 3.57. The highest BCUT2D eigenvalue weighted by Gasteiger charge is 2.06. The maximum Gasteiger partial charge on any atom is 0.119 e. The lowest BCUT2D eigenvalue weighted by Crippen LogP contribution is -2.17. The Morgan fingerprint density at radius 2 is 2.11 bits per heavy atom. The fourth-order valence-corrected chi connectivity index (χ4v) is 2.87. The highest BCUT2D eigenvalue weighted by Crippen LogP contribution is 2.24. The molecule has 0 radical (unpaired) electrons. The van der Waals surface area contributed by atoms with Gasteiger partial charge >= 0.3 is 0 Å². The summed E-state index contributed by atoms with van der Waals surface area (Å²) in [5.74, 6) is 0.900. The first-order chi connectivity index (χ1) is 8.69. The Balaban J connectivity index is 2.04. The molecule has 1 aromatic heterocycles. The van der Waals surface area contributed by atoms with E-state index in [1.807, 2.05) is 12.1 Å². The van der Waals surface area contributed by atoms with Gasteiger partial charge in [-0.1, -0.05) is 15.9 Å². The number of thiophene rings is 1. The van der Waals surface area contributed by atoms with E-state index in [0.717, 1.165) is 23.3 Å². The summed E-state index contributed by atoms with van der Waals surface area (Å²) < 4.78 is 6.39. The predicted octanol–water partition coefficient (Wildman–Crippen LogP) is 4.15. The van der Waals surface area contributed by atoms with Gasteiger partial charge in [0.15, 0.2) is 0 Å². The van der Waals surface area contributed by atoms with Gasteiger partial charge in [-0.25, -0.2) is 0 Å². The summed E-state index contributed by atoms with van der Waals surface area (Å²) in [7, 11) is 3.83. The number of benzene rings is 1. The van der Waals surface area contributed by atoms with Gasteiger partial charge in [-0.05, 0) is 53.2 Å². The Bertz CT molecular complexity index is 499. The molecule has 0 unspecified atom stereocenters. The molecule has 0 amide bonds. The maximum absolute atomic E-state index is 5.26. The Kier molecular flexibility index (Phi) is 4.80. The maximum atomic E-state index is 5.26. The molecule has 0 saturated carbocycles. The van der Waals surface area contributed by atoms with Gasteiger partial charge in [0.25, 0.3) is 0 Å². The minimum absolute atomic E-state index is 0.896. The molecule has 0 aliphatic heterocycles. The third-order valence-corrected chi connectivity index (χ3v) is 4.23. The first-order valence-corrected chi connectivity index (χ1v) is 7.44. The number of rotatable bonds is 5. The molecule has 2 aromatic rings. The van der Waals surface area contributed by atoms with Gasteiger partial charge in [0.2, 0.25) is 0 Å². The summed E-state index contributed by atoms with van der Waals surface area (Å²) in [4.78, 5) is 2.29. The van der Waals surface area contributed by atoms with Gasteiger partial charge < -0.3 is 4.74 Å². The average molecular weight is 326 g/mol. The molecule has 0 spiro atoms. The zero-order valence-corrected chi connectivity index (χ0v) is 12.9. The molecular weight excluding hydrogens is 310 g/mol. The highest BCUT2D eigenvalue weighted by molar-refractivity contribution is 9.10. The van der Waals surface area contributed by atoms with Crippen LogP contribution in [0.2, 0.25) is 0 Å². The van der Waals surface area contributed by atoms with E-state index >= 15 is 0 Å². The lowest BCUT2D eigenvalue weighted by atomic mass is 10.2. The van der Waals surface area contributed by atoms with Crippen LogP contribution in [0, 0.1) is 0 Å². The molecular formula is C14H16BrNOS. The van der Waals surface area contributed by atoms with E-state index < -0.39 is 0 Å². The van der Waals surface area contributed by atoms with E-state index in [-0.39, 0.29) is 0 Å². The largest absolute Gasteiger partial charge is 0.497 e. The molecule has 0 saturated heterocycles. The molecule has 0 bridgehead atoms. The van der Waals surface area contributed by atoms with Crippen molar-refractivity contribution in [3.05, 3.63) is 50.6 Å². The monoisotopic (exact) mass is 325 g/mol. The minimum atomic E-state index is 0.896. The number of hydrogen-bond donors (Lipinski definition) is 0. The molecule has 1 aromatic carbocycles. The molecule has 0 aliphatic rings. The van der Waals surface area contributed by atoms with E-state index in [4.69, 9.17) is 4.74 Å². The molecule has 0 fully saturated rings. The second-order valence-corrected chi connectivity index (χ2v) is 5.90. The van der Waals surface area contributed by atoms with Crippen LogP contribution < -0.4 is 4.74 Å². The van der Waals surface area contributed by atoms with Gasteiger partial charge in [0, 0.05) is 17.6 Å². The van der Waals surface area contributed by atoms with Crippen LogP contribution in [0.1, 0.15) is 11.1 Å². The first kappa shape index (κ1) is 13.6. The van der Waals surface area contributed by atoms with Crippen molar-refractivity contribution in [1.29, 1.82) is 0 Å². The number of halogens is 1. The van der Waals surface area contributed by atoms with E-state index in [1.54, 1.807) is 18.4 Å². The van der Waals surface area contributed by atoms with Gasteiger partial charge in [-0.3, -0.25) is 4.90 Å². The summed E-state index contributed by atoms with van der Waals surface area (Å²) in [6.45, 7) is 1.86. The van der Waals surface area contributed by atoms with Crippen LogP contribution in [0.3, 0.4) is 0 Å². The third-order valence-electron chi connectivity index (χ3n) is 2.73. The lowest BCUT2D eigenvalue weighted by molar-refractivity contribution is 0.318. The summed E-state index contributed by atoms with van der Waals surface area (Å²) in [6.07, 6.45) is 0. The first-order valence-electron chi connectivity index (χ1n) is 5.71. The van der Waals surface area contributed by atoms with Crippen molar-refractivity contribution in [2.45, 2.75) is 13.1 Å². The Morgan fingerprint density at radius 3 is 2.78 bits per heavy atom. The topological polar surface area (TPSA) is 12.5 Å². The Labute approximate surface area is 120 Å². The van der Waals surface area contributed by atoms with Gasteiger partial charge in [0.05, 0.1) is 7.11 Å². The molecule has 0 N–H and O–H groups in total. The standard InChI is InChI=1S/C14H16BrNOS/c1-16(8-11-5-6-18-10-11)9-12-7-13(17-2)3-4-14(12)15/h3-7,10H,8-9H2,1-2H3. The normalized spacial score (nSPS) is 10.9. The van der Waals surface area contributed by atoms with E-state index in [0.29, 0.717) is 0 Å². The van der Waals surface area contributed by atoms with Crippen molar-refractivity contribution in [2.24, 2.45) is 0 Å². The van der Waals surface area contributed by atoms with Crippen molar-refractivity contribution in [3.63, 3.8) is 0 Å². The van der Waals surface area contributed by atoms with Crippen LogP contribution in [0.25, 0.3) is 0 Å². The molecule has 96 valence electrons. The van der Waals surface area contributed by atoms with E-state index in [9.17, 15) is 0 Å². The van der Waals surface area contributed by atoms with E-state index in [1.165, 1.54) is 11.1 Å². The minimum Gasteiger partial charge on any atom is -0.497 e. The predicted molar refractivity (Wildman–Crippen MR) is 80.2 cm³/mol. The average Bonchev–Trinajstić information content (AvgIpc) is 2.84. The highest BCUT2D eigenvalue weighted by atomic mass is 79.9. The zero-order chi connectivity index (χ0) is 13.0. The number of nitrogens with zero attached hydrogens (tertiary/aromatic N) is 1. The number of hydrogen-bond acceptors (Lipinski definition) is 3. The zero-order valence-electron chi connectivity index (χ0n) is 10.5. The molecule has 0 aliphatic carbocycles. The van der Waals surface area contributed by atoms with Crippen molar-refractivity contribution in [2.75, 3.05) is 14.2 Å². The summed E-state index contributed by atoms with van der Waals surface area (Å²) in [6, 6.07) is 8.25. The molecule has 4 heteroatoms. The quantitative estimate of drug-likeness (QED) is 0.818. The molecule has 0 atom stereocenters. The van der Waals surface area contributed by atoms with Crippen LogP contribution in [0.4, 0.5) is 0 Å². The molecule has 18 heavy (non-hydrogen) atoms. The fraction of sp³-hybridized carbons (Fsp3) is 0.286. The van der Waals surface area contributed by atoms with E-state index in [2.05, 4.69) is 50.8 Å². The molecule has 2 rings (SSSR count). The second-order valence-electron chi connectivity index (χ2n) is 4.26. The van der Waals surface area contributed by atoms with Crippen molar-refractivity contribution in [1.82, 2.24) is 4.90 Å². The van der Waals surface area contributed by atoms with Crippen LogP contribution >= 0.6 is 27.3 Å².